The summed E-state index contributed by atoms with van der Waals surface area (Å²) in [5.74, 6) is -2.41. The molecule has 0 aliphatic carbocycles. The summed E-state index contributed by atoms with van der Waals surface area (Å²) in [5, 5.41) is 15.7. The number of rotatable bonds is 8. The number of nitrogens with zero attached hydrogens (tertiary/aromatic N) is 5. The first-order valence-corrected chi connectivity index (χ1v) is 15.4. The van der Waals surface area contributed by atoms with Crippen molar-refractivity contribution in [1.82, 2.24) is 24.7 Å². The van der Waals surface area contributed by atoms with Gasteiger partial charge < -0.3 is 14.6 Å². The van der Waals surface area contributed by atoms with E-state index in [-0.39, 0.29) is 17.6 Å². The van der Waals surface area contributed by atoms with Crippen LogP contribution in [0.2, 0.25) is 25.7 Å². The Hall–Kier alpha value is -3.90. The van der Waals surface area contributed by atoms with Gasteiger partial charge in [-0.3, -0.25) is 9.48 Å². The Kier molecular flexibility index (Phi) is 6.38. The number of anilines is 1. The van der Waals surface area contributed by atoms with Crippen LogP contribution in [0, 0.1) is 11.6 Å². The average molecular weight is 525 g/mol. The fraction of sp³-hybridized carbons (Fsp3) is 0.280. The van der Waals surface area contributed by atoms with E-state index in [0.717, 1.165) is 17.6 Å². The lowest BCUT2D eigenvalue weighted by Gasteiger charge is -2.15. The van der Waals surface area contributed by atoms with Crippen LogP contribution in [0.25, 0.3) is 33.3 Å². The summed E-state index contributed by atoms with van der Waals surface area (Å²) in [6.45, 7) is 7.71. The smallest absolute Gasteiger partial charge is 0.261 e. The lowest BCUT2D eigenvalue weighted by Crippen LogP contribution is -2.22. The monoisotopic (exact) mass is 524 g/mol. The Morgan fingerprint density at radius 3 is 2.68 bits per heavy atom. The molecular formula is C25H26F2N6O3Si. The fourth-order valence-electron chi connectivity index (χ4n) is 4.03. The SMILES string of the molecule is Cn1ncc2c(F)c(C(=O)Nc3ccc4c(c3)c(-c3ccno3)nn4COCC[Si](C)(C)C)c(F)cc21. The third-order valence-electron chi connectivity index (χ3n) is 6.06. The Labute approximate surface area is 212 Å². The van der Waals surface area contributed by atoms with Gasteiger partial charge in [-0.2, -0.15) is 10.2 Å². The average Bonchev–Trinajstić information content (AvgIpc) is 3.56. The molecular weight excluding hydrogens is 498 g/mol. The van der Waals surface area contributed by atoms with Crippen LogP contribution in [0.1, 0.15) is 10.4 Å². The van der Waals surface area contributed by atoms with E-state index in [0.29, 0.717) is 29.1 Å². The minimum absolute atomic E-state index is 0.0625. The van der Waals surface area contributed by atoms with E-state index < -0.39 is 31.2 Å². The molecule has 0 spiro atoms. The van der Waals surface area contributed by atoms with E-state index in [9.17, 15) is 9.18 Å². The highest BCUT2D eigenvalue weighted by atomic mass is 28.3. The van der Waals surface area contributed by atoms with Crippen LogP contribution in [-0.4, -0.2) is 45.3 Å². The third kappa shape index (κ3) is 4.89. The summed E-state index contributed by atoms with van der Waals surface area (Å²) < 4.78 is 44.0. The maximum atomic E-state index is 15.0. The predicted octanol–water partition coefficient (Wildman–Crippen LogP) is 5.42. The molecule has 0 bridgehead atoms. The van der Waals surface area contributed by atoms with Crippen molar-refractivity contribution in [3.8, 4) is 11.5 Å². The minimum atomic E-state index is -1.24. The van der Waals surface area contributed by atoms with Crippen molar-refractivity contribution >= 4 is 41.5 Å². The van der Waals surface area contributed by atoms with Crippen LogP contribution in [0.5, 0.6) is 0 Å². The Bertz CT molecular complexity index is 1600. The molecule has 12 heteroatoms. The van der Waals surface area contributed by atoms with Gasteiger partial charge in [-0.05, 0) is 24.2 Å². The molecule has 0 unspecified atom stereocenters. The maximum Gasteiger partial charge on any atom is 0.261 e. The molecule has 0 saturated carbocycles. The van der Waals surface area contributed by atoms with Gasteiger partial charge in [0.05, 0.1) is 28.8 Å². The number of hydrogen-bond acceptors (Lipinski definition) is 6. The number of ether oxygens (including phenoxy) is 1. The first kappa shape index (κ1) is 24.8. The molecule has 2 aromatic carbocycles. The van der Waals surface area contributed by atoms with Crippen molar-refractivity contribution in [3.05, 3.63) is 59.9 Å². The van der Waals surface area contributed by atoms with E-state index in [2.05, 4.69) is 40.3 Å². The number of nitrogens with one attached hydrogen (secondary N) is 1. The van der Waals surface area contributed by atoms with Gasteiger partial charge in [0.1, 0.15) is 29.6 Å². The second-order valence-corrected chi connectivity index (χ2v) is 15.6. The predicted molar refractivity (Wildman–Crippen MR) is 138 cm³/mol. The topological polar surface area (TPSA) is 100 Å². The first-order chi connectivity index (χ1) is 17.6. The van der Waals surface area contributed by atoms with Crippen LogP contribution in [0.15, 0.2) is 47.2 Å². The van der Waals surface area contributed by atoms with Gasteiger partial charge in [-0.25, -0.2) is 13.5 Å². The summed E-state index contributed by atoms with van der Waals surface area (Å²) in [7, 11) is 0.332. The fourth-order valence-corrected chi connectivity index (χ4v) is 4.78. The summed E-state index contributed by atoms with van der Waals surface area (Å²) in [5.41, 5.74) is 1.16. The normalized spacial score (nSPS) is 12.1. The van der Waals surface area contributed by atoms with E-state index in [1.165, 1.54) is 17.1 Å². The highest BCUT2D eigenvalue weighted by Gasteiger charge is 2.23. The van der Waals surface area contributed by atoms with Gasteiger partial charge in [0, 0.05) is 44.9 Å². The number of amides is 1. The largest absolute Gasteiger partial charge is 0.360 e. The van der Waals surface area contributed by atoms with Gasteiger partial charge in [-0.15, -0.1) is 0 Å². The molecule has 1 N–H and O–H groups in total. The van der Waals surface area contributed by atoms with Gasteiger partial charge in [0.15, 0.2) is 5.76 Å². The highest BCUT2D eigenvalue weighted by molar-refractivity contribution is 6.76. The van der Waals surface area contributed by atoms with Gasteiger partial charge in [-0.1, -0.05) is 24.8 Å². The highest BCUT2D eigenvalue weighted by Crippen LogP contribution is 2.31. The van der Waals surface area contributed by atoms with Crippen LogP contribution in [-0.2, 0) is 18.5 Å². The number of carbonyl (C=O) groups excluding carboxylic acids is 1. The van der Waals surface area contributed by atoms with Crippen LogP contribution < -0.4 is 5.32 Å². The zero-order chi connectivity index (χ0) is 26.3. The molecule has 0 atom stereocenters. The van der Waals surface area contributed by atoms with E-state index in [1.807, 2.05) is 0 Å². The first-order valence-electron chi connectivity index (χ1n) is 11.7. The molecule has 0 aliphatic rings. The van der Waals surface area contributed by atoms with E-state index in [1.54, 1.807) is 36.0 Å². The summed E-state index contributed by atoms with van der Waals surface area (Å²) in [6, 6.07) is 8.87. The number of benzene rings is 2. The molecule has 5 aromatic rings. The number of carbonyl (C=O) groups is 1. The van der Waals surface area contributed by atoms with Crippen molar-refractivity contribution < 1.29 is 22.8 Å². The van der Waals surface area contributed by atoms with Crippen molar-refractivity contribution in [1.29, 1.82) is 0 Å². The molecule has 192 valence electrons. The molecule has 5 rings (SSSR count). The Morgan fingerprint density at radius 1 is 1.14 bits per heavy atom. The quantitative estimate of drug-likeness (QED) is 0.215. The van der Waals surface area contributed by atoms with Crippen LogP contribution in [0.4, 0.5) is 14.5 Å². The summed E-state index contributed by atoms with van der Waals surface area (Å²) >= 11 is 0. The Morgan fingerprint density at radius 2 is 1.95 bits per heavy atom. The van der Waals surface area contributed by atoms with Gasteiger partial charge in [0.25, 0.3) is 5.91 Å². The number of aryl methyl sites for hydroxylation is 1. The number of aromatic nitrogens is 5. The van der Waals surface area contributed by atoms with Gasteiger partial charge >= 0.3 is 0 Å². The standard InChI is InChI=1S/C25H26F2N6O3Si/c1-32-20-12-18(26)22(23(27)17(20)13-28-32)25(34)30-15-5-6-19-16(11-15)24(21-7-8-29-36-21)31-33(19)14-35-9-10-37(2,3)4/h5-8,11-13H,9-10,14H2,1-4H3,(H,30,34). The minimum Gasteiger partial charge on any atom is -0.360 e. The van der Waals surface area contributed by atoms with Crippen LogP contribution >= 0.6 is 0 Å². The zero-order valence-electron chi connectivity index (χ0n) is 20.9. The van der Waals surface area contributed by atoms with Crippen LogP contribution in [0.3, 0.4) is 0 Å². The number of fused-ring (bicyclic) bond motifs is 2. The lowest BCUT2D eigenvalue weighted by atomic mass is 10.1. The summed E-state index contributed by atoms with van der Waals surface area (Å²) in [4.78, 5) is 12.9. The molecule has 3 aromatic heterocycles. The maximum absolute atomic E-state index is 15.0. The van der Waals surface area contributed by atoms with Gasteiger partial charge in [0.2, 0.25) is 0 Å². The molecule has 3 heterocycles. The van der Waals surface area contributed by atoms with Crippen molar-refractivity contribution in [2.75, 3.05) is 11.9 Å². The molecule has 0 fully saturated rings. The Balaban J connectivity index is 1.46. The molecule has 0 aliphatic heterocycles. The molecule has 37 heavy (non-hydrogen) atoms. The van der Waals surface area contributed by atoms with E-state index >= 15 is 4.39 Å². The van der Waals surface area contributed by atoms with E-state index in [4.69, 9.17) is 9.26 Å². The van der Waals surface area contributed by atoms with Crippen molar-refractivity contribution in [2.45, 2.75) is 32.4 Å². The molecule has 0 radical (unpaired) electrons. The number of halogens is 2. The van der Waals surface area contributed by atoms with Crippen molar-refractivity contribution in [2.24, 2.45) is 7.05 Å². The zero-order valence-corrected chi connectivity index (χ0v) is 21.9. The second-order valence-electron chi connectivity index (χ2n) is 10.0. The molecule has 9 nitrogen and oxygen atoms in total. The number of hydrogen-bond donors (Lipinski definition) is 1. The third-order valence-corrected chi connectivity index (χ3v) is 7.76. The molecule has 0 saturated heterocycles. The lowest BCUT2D eigenvalue weighted by molar-refractivity contribution is 0.0818. The van der Waals surface area contributed by atoms with Crippen molar-refractivity contribution in [3.63, 3.8) is 0 Å². The molecule has 1 amide bonds. The summed E-state index contributed by atoms with van der Waals surface area (Å²) in [6.07, 6.45) is 2.77. The second kappa shape index (κ2) is 9.52.